The Morgan fingerprint density at radius 3 is 2.90 bits per heavy atom. The summed E-state index contributed by atoms with van der Waals surface area (Å²) in [5, 5.41) is 12.5. The zero-order valence-corrected chi connectivity index (χ0v) is 5.31. The van der Waals surface area contributed by atoms with E-state index in [1.165, 1.54) is 6.08 Å². The zero-order valence-electron chi connectivity index (χ0n) is 5.31. The summed E-state index contributed by atoms with van der Waals surface area (Å²) in [4.78, 5) is 2.52. The van der Waals surface area contributed by atoms with Gasteiger partial charge in [-0.1, -0.05) is 23.3 Å². The molecule has 0 heterocycles. The highest BCUT2D eigenvalue weighted by atomic mass is 16.3. The maximum Gasteiger partial charge on any atom is 0.165 e. The normalized spacial score (nSPS) is 29.7. The van der Waals surface area contributed by atoms with Gasteiger partial charge in [0.05, 0.1) is 0 Å². The zero-order chi connectivity index (χ0) is 7.45. The van der Waals surface area contributed by atoms with Crippen molar-refractivity contribution >= 4 is 0 Å². The average Bonchev–Trinajstić information content (AvgIpc) is 1.89. The van der Waals surface area contributed by atoms with Crippen molar-refractivity contribution in [3.8, 4) is 0 Å². The molecule has 1 unspecified atom stereocenters. The van der Waals surface area contributed by atoms with Gasteiger partial charge in [-0.2, -0.15) is 0 Å². The summed E-state index contributed by atoms with van der Waals surface area (Å²) in [6, 6.07) is 0. The molecule has 0 spiro atoms. The molecule has 1 aliphatic rings. The number of hydrogen-bond donors (Lipinski definition) is 1. The van der Waals surface area contributed by atoms with Gasteiger partial charge in [-0.15, -0.1) is 0 Å². The van der Waals surface area contributed by atoms with Crippen LogP contribution in [0.3, 0.4) is 0 Å². The van der Waals surface area contributed by atoms with Crippen molar-refractivity contribution in [2.24, 2.45) is 5.11 Å². The van der Waals surface area contributed by atoms with Crippen LogP contribution in [-0.4, -0.2) is 10.8 Å². The van der Waals surface area contributed by atoms with Gasteiger partial charge in [0.25, 0.3) is 0 Å². The molecule has 0 aromatic heterocycles. The highest BCUT2D eigenvalue weighted by Gasteiger charge is 2.20. The molecule has 0 aromatic rings. The lowest BCUT2D eigenvalue weighted by Gasteiger charge is -2.17. The molecular formula is C6H7N3O. The number of rotatable bonds is 1. The Bertz CT molecular complexity index is 227. The smallest absolute Gasteiger partial charge is 0.165 e. The van der Waals surface area contributed by atoms with Gasteiger partial charge in [0.2, 0.25) is 0 Å². The summed E-state index contributed by atoms with van der Waals surface area (Å²) in [6.45, 7) is 0. The molecule has 0 radical (unpaired) electrons. The van der Waals surface area contributed by atoms with E-state index >= 15 is 0 Å². The number of aliphatic hydroxyl groups is 1. The van der Waals surface area contributed by atoms with Crippen molar-refractivity contribution in [1.82, 2.24) is 0 Å². The Kier molecular flexibility index (Phi) is 1.76. The Morgan fingerprint density at radius 2 is 2.40 bits per heavy atom. The van der Waals surface area contributed by atoms with Crippen LogP contribution in [0.25, 0.3) is 10.4 Å². The number of nitrogens with zero attached hydrogens (tertiary/aromatic N) is 3. The van der Waals surface area contributed by atoms with Crippen molar-refractivity contribution in [1.29, 1.82) is 0 Å². The van der Waals surface area contributed by atoms with Crippen LogP contribution in [0, 0.1) is 0 Å². The predicted octanol–water partition coefficient (Wildman–Crippen LogP) is 1.50. The first-order chi connectivity index (χ1) is 4.77. The molecule has 0 saturated heterocycles. The molecule has 0 saturated carbocycles. The lowest BCUT2D eigenvalue weighted by Crippen LogP contribution is -2.21. The second-order valence-electron chi connectivity index (χ2n) is 2.06. The fourth-order valence-corrected chi connectivity index (χ4v) is 0.749. The lowest BCUT2D eigenvalue weighted by molar-refractivity contribution is 0.101. The largest absolute Gasteiger partial charge is 0.379 e. The topological polar surface area (TPSA) is 69.0 Å². The molecule has 52 valence electrons. The third-order valence-corrected chi connectivity index (χ3v) is 1.25. The number of hydrogen-bond acceptors (Lipinski definition) is 2. The molecule has 1 atom stereocenters. The van der Waals surface area contributed by atoms with Crippen LogP contribution in [0.5, 0.6) is 0 Å². The molecule has 4 heteroatoms. The standard InChI is InChI=1S/C6H7N3O/c7-9-8-6(10)4-2-1-3-5-6/h1-4,10H,5H2. The van der Waals surface area contributed by atoms with Crippen molar-refractivity contribution in [2.75, 3.05) is 0 Å². The Hall–Kier alpha value is -1.25. The Balaban J connectivity index is 2.79. The van der Waals surface area contributed by atoms with Gasteiger partial charge >= 0.3 is 0 Å². The second kappa shape index (κ2) is 2.56. The maximum absolute atomic E-state index is 9.31. The maximum atomic E-state index is 9.31. The minimum absolute atomic E-state index is 0.355. The quantitative estimate of drug-likeness (QED) is 0.332. The first-order valence-corrected chi connectivity index (χ1v) is 2.90. The van der Waals surface area contributed by atoms with Crippen LogP contribution in [0.1, 0.15) is 6.42 Å². The van der Waals surface area contributed by atoms with Crippen LogP contribution >= 0.6 is 0 Å². The van der Waals surface area contributed by atoms with Crippen molar-refractivity contribution in [2.45, 2.75) is 12.1 Å². The predicted molar refractivity (Wildman–Crippen MR) is 37.0 cm³/mol. The van der Waals surface area contributed by atoms with E-state index in [0.717, 1.165) is 0 Å². The van der Waals surface area contributed by atoms with E-state index in [1.54, 1.807) is 18.2 Å². The summed E-state index contributed by atoms with van der Waals surface area (Å²) in [5.74, 6) is 0. The third kappa shape index (κ3) is 1.37. The summed E-state index contributed by atoms with van der Waals surface area (Å²) in [6.07, 6.45) is 7.01. The van der Waals surface area contributed by atoms with Gasteiger partial charge < -0.3 is 5.11 Å². The van der Waals surface area contributed by atoms with Gasteiger partial charge in [0.1, 0.15) is 0 Å². The van der Waals surface area contributed by atoms with Crippen LogP contribution in [0.2, 0.25) is 0 Å². The monoisotopic (exact) mass is 137 g/mol. The van der Waals surface area contributed by atoms with E-state index in [1.807, 2.05) is 0 Å². The van der Waals surface area contributed by atoms with Gasteiger partial charge in [-0.05, 0) is 11.6 Å². The fraction of sp³-hybridized carbons (Fsp3) is 0.333. The SMILES string of the molecule is [N-]=[N+]=NC1(O)C=CC=CC1. The van der Waals surface area contributed by atoms with Crippen molar-refractivity contribution in [3.63, 3.8) is 0 Å². The Morgan fingerprint density at radius 1 is 1.60 bits per heavy atom. The molecule has 0 bridgehead atoms. The van der Waals surface area contributed by atoms with E-state index in [4.69, 9.17) is 5.53 Å². The minimum Gasteiger partial charge on any atom is -0.379 e. The molecule has 4 nitrogen and oxygen atoms in total. The molecule has 0 amide bonds. The second-order valence-corrected chi connectivity index (χ2v) is 2.06. The first-order valence-electron chi connectivity index (χ1n) is 2.90. The molecule has 10 heavy (non-hydrogen) atoms. The first kappa shape index (κ1) is 6.86. The van der Waals surface area contributed by atoms with Crippen molar-refractivity contribution < 1.29 is 5.11 Å². The van der Waals surface area contributed by atoms with Gasteiger partial charge in [0, 0.05) is 11.3 Å². The molecule has 0 fully saturated rings. The molecule has 1 N–H and O–H groups in total. The fourth-order valence-electron chi connectivity index (χ4n) is 0.749. The molecule has 0 aromatic carbocycles. The van der Waals surface area contributed by atoms with Gasteiger partial charge in [-0.3, -0.25) is 0 Å². The van der Waals surface area contributed by atoms with Gasteiger partial charge in [0.15, 0.2) is 5.72 Å². The molecule has 1 aliphatic carbocycles. The van der Waals surface area contributed by atoms with E-state index in [9.17, 15) is 5.11 Å². The summed E-state index contributed by atoms with van der Waals surface area (Å²) in [5.41, 5.74) is 6.69. The van der Waals surface area contributed by atoms with Crippen LogP contribution < -0.4 is 0 Å². The van der Waals surface area contributed by atoms with E-state index in [-0.39, 0.29) is 0 Å². The summed E-state index contributed by atoms with van der Waals surface area (Å²) < 4.78 is 0. The minimum atomic E-state index is -1.33. The highest BCUT2D eigenvalue weighted by molar-refractivity contribution is 5.16. The summed E-state index contributed by atoms with van der Waals surface area (Å²) >= 11 is 0. The number of allylic oxidation sites excluding steroid dienone is 2. The molecular weight excluding hydrogens is 130 g/mol. The number of azide groups is 1. The molecule has 0 aliphatic heterocycles. The molecule has 1 rings (SSSR count). The highest BCUT2D eigenvalue weighted by Crippen LogP contribution is 2.18. The van der Waals surface area contributed by atoms with Gasteiger partial charge in [-0.25, -0.2) is 0 Å². The van der Waals surface area contributed by atoms with Crippen LogP contribution in [-0.2, 0) is 0 Å². The van der Waals surface area contributed by atoms with E-state index in [0.29, 0.717) is 6.42 Å². The summed E-state index contributed by atoms with van der Waals surface area (Å²) in [7, 11) is 0. The Labute approximate surface area is 58.1 Å². The average molecular weight is 137 g/mol. The van der Waals surface area contributed by atoms with Crippen molar-refractivity contribution in [3.05, 3.63) is 34.7 Å². The van der Waals surface area contributed by atoms with Crippen LogP contribution in [0.4, 0.5) is 0 Å². The van der Waals surface area contributed by atoms with Crippen LogP contribution in [0.15, 0.2) is 29.4 Å². The van der Waals surface area contributed by atoms with E-state index < -0.39 is 5.72 Å². The lowest BCUT2D eigenvalue weighted by atomic mass is 10.1. The third-order valence-electron chi connectivity index (χ3n) is 1.25. The van der Waals surface area contributed by atoms with E-state index in [2.05, 4.69) is 10.0 Å².